The van der Waals surface area contributed by atoms with Gasteiger partial charge in [-0.1, -0.05) is 0 Å². The summed E-state index contributed by atoms with van der Waals surface area (Å²) in [6.45, 7) is -0.223. The first kappa shape index (κ1) is 10.9. The number of thioether (sulfide) groups is 1. The van der Waals surface area contributed by atoms with E-state index in [1.165, 1.54) is 0 Å². The molecule has 4 heteroatoms. The minimum Gasteiger partial charge on any atom is -0.481 e. The van der Waals surface area contributed by atoms with Crippen LogP contribution >= 0.6 is 11.8 Å². The normalized spacial score (nSPS) is 21.3. The summed E-state index contributed by atoms with van der Waals surface area (Å²) in [6.07, 6.45) is 2.86. The highest BCUT2D eigenvalue weighted by atomic mass is 32.2. The van der Waals surface area contributed by atoms with Crippen LogP contribution in [0, 0.1) is 11.8 Å². The highest BCUT2D eigenvalue weighted by Gasteiger charge is 2.23. The molecule has 1 heterocycles. The standard InChI is InChI=1S/C9H16O3S/c10-6-8(9(11)12)5-7-1-3-13-4-2-7/h7-8,10H,1-6H2,(H,11,12). The van der Waals surface area contributed by atoms with Gasteiger partial charge in [-0.15, -0.1) is 0 Å². The fraction of sp³-hybridized carbons (Fsp3) is 0.889. The summed E-state index contributed by atoms with van der Waals surface area (Å²) in [4.78, 5) is 10.6. The lowest BCUT2D eigenvalue weighted by molar-refractivity contribution is -0.143. The summed E-state index contributed by atoms with van der Waals surface area (Å²) in [5.74, 6) is 1.38. The van der Waals surface area contributed by atoms with E-state index in [4.69, 9.17) is 10.2 Å². The molecule has 1 rings (SSSR count). The number of carbonyl (C=O) groups is 1. The van der Waals surface area contributed by atoms with Gasteiger partial charge in [0.2, 0.25) is 0 Å². The Kier molecular flexibility index (Phi) is 4.59. The van der Waals surface area contributed by atoms with Gasteiger partial charge in [0.15, 0.2) is 0 Å². The van der Waals surface area contributed by atoms with E-state index in [2.05, 4.69) is 0 Å². The molecule has 0 aromatic rings. The maximum absolute atomic E-state index is 10.6. The Labute approximate surface area is 82.5 Å². The molecule has 1 unspecified atom stereocenters. The zero-order valence-corrected chi connectivity index (χ0v) is 8.42. The van der Waals surface area contributed by atoms with Gasteiger partial charge in [-0.3, -0.25) is 4.79 Å². The number of hydrogen-bond acceptors (Lipinski definition) is 3. The van der Waals surface area contributed by atoms with Crippen LogP contribution in [0.1, 0.15) is 19.3 Å². The van der Waals surface area contributed by atoms with Crippen molar-refractivity contribution in [3.05, 3.63) is 0 Å². The Morgan fingerprint density at radius 3 is 2.54 bits per heavy atom. The topological polar surface area (TPSA) is 57.5 Å². The monoisotopic (exact) mass is 204 g/mol. The molecule has 2 N–H and O–H groups in total. The fourth-order valence-electron chi connectivity index (χ4n) is 1.64. The van der Waals surface area contributed by atoms with E-state index >= 15 is 0 Å². The molecular formula is C9H16O3S. The molecule has 1 aliphatic rings. The Hall–Kier alpha value is -0.220. The van der Waals surface area contributed by atoms with Crippen LogP contribution < -0.4 is 0 Å². The molecule has 0 aromatic heterocycles. The molecule has 0 aliphatic carbocycles. The van der Waals surface area contributed by atoms with Crippen LogP contribution in [0.15, 0.2) is 0 Å². The molecule has 1 atom stereocenters. The minimum atomic E-state index is -0.860. The van der Waals surface area contributed by atoms with Gasteiger partial charge in [-0.25, -0.2) is 0 Å². The number of aliphatic hydroxyl groups excluding tert-OH is 1. The smallest absolute Gasteiger partial charge is 0.308 e. The van der Waals surface area contributed by atoms with Crippen molar-refractivity contribution in [1.82, 2.24) is 0 Å². The Morgan fingerprint density at radius 1 is 1.46 bits per heavy atom. The third-order valence-electron chi connectivity index (χ3n) is 2.53. The average molecular weight is 204 g/mol. The first-order valence-corrected chi connectivity index (χ1v) is 5.81. The summed E-state index contributed by atoms with van der Waals surface area (Å²) in [6, 6.07) is 0. The lowest BCUT2D eigenvalue weighted by Crippen LogP contribution is -2.23. The second-order valence-corrected chi connectivity index (χ2v) is 4.73. The summed E-state index contributed by atoms with van der Waals surface area (Å²) in [5, 5.41) is 17.6. The van der Waals surface area contributed by atoms with Crippen molar-refractivity contribution in [3.63, 3.8) is 0 Å². The van der Waals surface area contributed by atoms with Gasteiger partial charge < -0.3 is 10.2 Å². The zero-order chi connectivity index (χ0) is 9.68. The second kappa shape index (κ2) is 5.50. The van der Waals surface area contributed by atoms with Crippen molar-refractivity contribution < 1.29 is 15.0 Å². The Bertz CT molecular complexity index is 166. The summed E-state index contributed by atoms with van der Waals surface area (Å²) in [7, 11) is 0. The van der Waals surface area contributed by atoms with Crippen LogP contribution in [-0.2, 0) is 4.79 Å². The van der Waals surface area contributed by atoms with Crippen molar-refractivity contribution >= 4 is 17.7 Å². The van der Waals surface area contributed by atoms with E-state index < -0.39 is 11.9 Å². The van der Waals surface area contributed by atoms with Crippen molar-refractivity contribution in [2.45, 2.75) is 19.3 Å². The van der Waals surface area contributed by atoms with Gasteiger partial charge in [-0.2, -0.15) is 11.8 Å². The number of rotatable bonds is 4. The van der Waals surface area contributed by atoms with Gasteiger partial charge in [0.1, 0.15) is 0 Å². The van der Waals surface area contributed by atoms with Crippen LogP contribution in [-0.4, -0.2) is 34.3 Å². The van der Waals surface area contributed by atoms with E-state index in [1.807, 2.05) is 11.8 Å². The molecule has 0 aromatic carbocycles. The molecule has 1 aliphatic heterocycles. The third kappa shape index (κ3) is 3.56. The predicted octanol–water partition coefficient (Wildman–Crippen LogP) is 1.21. The molecule has 0 spiro atoms. The van der Waals surface area contributed by atoms with Crippen LogP contribution in [0.2, 0.25) is 0 Å². The van der Waals surface area contributed by atoms with Gasteiger partial charge in [0.25, 0.3) is 0 Å². The van der Waals surface area contributed by atoms with E-state index in [1.54, 1.807) is 0 Å². The maximum atomic E-state index is 10.6. The molecule has 76 valence electrons. The number of hydrogen-bond donors (Lipinski definition) is 2. The van der Waals surface area contributed by atoms with E-state index in [0.29, 0.717) is 12.3 Å². The SMILES string of the molecule is O=C(O)C(CO)CC1CCSCC1. The summed E-state index contributed by atoms with van der Waals surface area (Å²) >= 11 is 1.93. The Morgan fingerprint density at radius 2 is 2.08 bits per heavy atom. The van der Waals surface area contributed by atoms with Crippen LogP contribution in [0.5, 0.6) is 0 Å². The van der Waals surface area contributed by atoms with Crippen LogP contribution in [0.25, 0.3) is 0 Å². The van der Waals surface area contributed by atoms with E-state index in [9.17, 15) is 4.79 Å². The molecule has 3 nitrogen and oxygen atoms in total. The molecule has 0 radical (unpaired) electrons. The summed E-state index contributed by atoms with van der Waals surface area (Å²) < 4.78 is 0. The third-order valence-corrected chi connectivity index (χ3v) is 3.58. The summed E-state index contributed by atoms with van der Waals surface area (Å²) in [5.41, 5.74) is 0. The van der Waals surface area contributed by atoms with Gasteiger partial charge >= 0.3 is 5.97 Å². The predicted molar refractivity (Wildman–Crippen MR) is 52.9 cm³/mol. The number of aliphatic hydroxyl groups is 1. The van der Waals surface area contributed by atoms with Crippen molar-refractivity contribution in [2.24, 2.45) is 11.8 Å². The maximum Gasteiger partial charge on any atom is 0.308 e. The van der Waals surface area contributed by atoms with Crippen molar-refractivity contribution in [1.29, 1.82) is 0 Å². The molecule has 0 amide bonds. The molecule has 0 bridgehead atoms. The van der Waals surface area contributed by atoms with Gasteiger partial charge in [0.05, 0.1) is 12.5 Å². The van der Waals surface area contributed by atoms with Crippen molar-refractivity contribution in [2.75, 3.05) is 18.1 Å². The van der Waals surface area contributed by atoms with Crippen molar-refractivity contribution in [3.8, 4) is 0 Å². The average Bonchev–Trinajstić information content (AvgIpc) is 2.15. The number of aliphatic carboxylic acids is 1. The second-order valence-electron chi connectivity index (χ2n) is 3.51. The number of carboxylic acids is 1. The van der Waals surface area contributed by atoms with E-state index in [0.717, 1.165) is 24.3 Å². The van der Waals surface area contributed by atoms with Crippen LogP contribution in [0.3, 0.4) is 0 Å². The first-order chi connectivity index (χ1) is 6.24. The fourth-order valence-corrected chi connectivity index (χ4v) is 2.84. The first-order valence-electron chi connectivity index (χ1n) is 4.65. The molecule has 1 fully saturated rings. The molecule has 13 heavy (non-hydrogen) atoms. The number of carboxylic acid groups (broad SMARTS) is 1. The van der Waals surface area contributed by atoms with E-state index in [-0.39, 0.29) is 6.61 Å². The van der Waals surface area contributed by atoms with Crippen LogP contribution in [0.4, 0.5) is 0 Å². The molecule has 1 saturated heterocycles. The molecular weight excluding hydrogens is 188 g/mol. The highest BCUT2D eigenvalue weighted by molar-refractivity contribution is 7.99. The lowest BCUT2D eigenvalue weighted by atomic mass is 9.91. The minimum absolute atomic E-state index is 0.223. The largest absolute Gasteiger partial charge is 0.481 e. The lowest BCUT2D eigenvalue weighted by Gasteiger charge is -2.23. The van der Waals surface area contributed by atoms with Gasteiger partial charge in [0, 0.05) is 0 Å². The quantitative estimate of drug-likeness (QED) is 0.722. The zero-order valence-electron chi connectivity index (χ0n) is 7.61. The Balaban J connectivity index is 2.31. The highest BCUT2D eigenvalue weighted by Crippen LogP contribution is 2.27. The molecule has 0 saturated carbocycles. The van der Waals surface area contributed by atoms with Gasteiger partial charge in [-0.05, 0) is 36.7 Å².